The van der Waals surface area contributed by atoms with Gasteiger partial charge in [-0.2, -0.15) is 0 Å². The van der Waals surface area contributed by atoms with E-state index in [1.807, 2.05) is 0 Å². The number of amides is 1. The van der Waals surface area contributed by atoms with Gasteiger partial charge in [-0.1, -0.05) is 13.2 Å². The monoisotopic (exact) mass is 323 g/mol. The summed E-state index contributed by atoms with van der Waals surface area (Å²) in [6.07, 6.45) is 3.22. The maximum Gasteiger partial charge on any atom is 0.260 e. The third-order valence-corrected chi connectivity index (χ3v) is 3.87. The predicted molar refractivity (Wildman–Crippen MR) is 89.8 cm³/mol. The van der Waals surface area contributed by atoms with Crippen LogP contribution in [0.2, 0.25) is 0 Å². The Kier molecular flexibility index (Phi) is 4.04. The molecule has 0 spiro atoms. The van der Waals surface area contributed by atoms with Gasteiger partial charge in [0.1, 0.15) is 0 Å². The summed E-state index contributed by atoms with van der Waals surface area (Å²) >= 11 is 0. The average Bonchev–Trinajstić information content (AvgIpc) is 2.96. The predicted octanol–water partition coefficient (Wildman–Crippen LogP) is 2.82. The lowest BCUT2D eigenvalue weighted by Gasteiger charge is -2.14. The molecule has 0 radical (unpaired) electrons. The van der Waals surface area contributed by atoms with Crippen LogP contribution in [0.5, 0.6) is 11.6 Å². The Morgan fingerprint density at radius 2 is 2.12 bits per heavy atom. The van der Waals surface area contributed by atoms with Crippen LogP contribution >= 0.6 is 0 Å². The quantitative estimate of drug-likeness (QED) is 0.792. The summed E-state index contributed by atoms with van der Waals surface area (Å²) in [5, 5.41) is 0. The summed E-state index contributed by atoms with van der Waals surface area (Å²) in [5.41, 5.74) is 3.34. The summed E-state index contributed by atoms with van der Waals surface area (Å²) in [4.78, 5) is 22.7. The number of nitrogens with zero attached hydrogens (tertiary/aromatic N) is 3. The average molecular weight is 323 g/mol. The van der Waals surface area contributed by atoms with Gasteiger partial charge >= 0.3 is 0 Å². The minimum Gasteiger partial charge on any atom is -0.491 e. The minimum absolute atomic E-state index is 0.112. The number of methoxy groups -OCH3 is 2. The molecule has 122 valence electrons. The highest BCUT2D eigenvalue weighted by atomic mass is 16.5. The topological polar surface area (TPSA) is 64.6 Å². The molecule has 2 aromatic rings. The van der Waals surface area contributed by atoms with Crippen LogP contribution in [0.1, 0.15) is 16.1 Å². The Balaban J connectivity index is 1.98. The molecule has 3 heterocycles. The molecular weight excluding hydrogens is 306 g/mol. The molecule has 1 amide bonds. The van der Waals surface area contributed by atoms with E-state index in [-0.39, 0.29) is 5.91 Å². The molecule has 0 aromatic carbocycles. The fourth-order valence-electron chi connectivity index (χ4n) is 2.56. The van der Waals surface area contributed by atoms with E-state index in [2.05, 4.69) is 23.1 Å². The van der Waals surface area contributed by atoms with Crippen molar-refractivity contribution in [3.63, 3.8) is 0 Å². The second-order valence-corrected chi connectivity index (χ2v) is 5.21. The fraction of sp³-hybridized carbons (Fsp3) is 0.167. The van der Waals surface area contributed by atoms with E-state index < -0.39 is 0 Å². The van der Waals surface area contributed by atoms with Crippen LogP contribution in [0, 0.1) is 0 Å². The summed E-state index contributed by atoms with van der Waals surface area (Å²) in [5.74, 6) is 0.820. The second-order valence-electron chi connectivity index (χ2n) is 5.21. The molecule has 0 bridgehead atoms. The molecule has 0 saturated carbocycles. The van der Waals surface area contributed by atoms with Gasteiger partial charge in [-0.15, -0.1) is 0 Å². The van der Waals surface area contributed by atoms with E-state index >= 15 is 0 Å². The molecule has 24 heavy (non-hydrogen) atoms. The van der Waals surface area contributed by atoms with Crippen molar-refractivity contribution < 1.29 is 14.3 Å². The van der Waals surface area contributed by atoms with E-state index in [1.54, 1.807) is 42.5 Å². The number of allylic oxidation sites excluding steroid dienone is 1. The highest BCUT2D eigenvalue weighted by Gasteiger charge is 2.29. The first-order valence-electron chi connectivity index (χ1n) is 7.30. The number of hydrogen-bond acceptors (Lipinski definition) is 5. The fourth-order valence-corrected chi connectivity index (χ4v) is 2.56. The lowest BCUT2D eigenvalue weighted by atomic mass is 10.1. The number of rotatable bonds is 5. The minimum atomic E-state index is -0.112. The SMILES string of the molecule is C=CC(=C)N1Cc2nc(-c3cnc(OC)c(OC)c3)ccc2C1=O. The van der Waals surface area contributed by atoms with Gasteiger partial charge in [-0.05, 0) is 24.3 Å². The van der Waals surface area contributed by atoms with E-state index in [4.69, 9.17) is 9.47 Å². The number of hydrogen-bond donors (Lipinski definition) is 0. The smallest absolute Gasteiger partial charge is 0.260 e. The van der Waals surface area contributed by atoms with Crippen LogP contribution in [0.4, 0.5) is 0 Å². The van der Waals surface area contributed by atoms with Crippen molar-refractivity contribution in [2.45, 2.75) is 6.54 Å². The van der Waals surface area contributed by atoms with Crippen LogP contribution in [-0.2, 0) is 6.54 Å². The van der Waals surface area contributed by atoms with Gasteiger partial charge in [0.25, 0.3) is 11.8 Å². The molecule has 6 nitrogen and oxygen atoms in total. The normalized spacial score (nSPS) is 12.8. The van der Waals surface area contributed by atoms with Crippen LogP contribution in [0.3, 0.4) is 0 Å². The van der Waals surface area contributed by atoms with Crippen molar-refractivity contribution in [1.29, 1.82) is 0 Å². The standard InChI is InChI=1S/C18H17N3O3/c1-5-11(2)21-10-15-13(18(21)22)6-7-14(20-15)12-8-16(23-3)17(24-4)19-9-12/h5-9H,1-2,10H2,3-4H3. The van der Waals surface area contributed by atoms with Gasteiger partial charge in [0, 0.05) is 17.5 Å². The number of fused-ring (bicyclic) bond motifs is 1. The first kappa shape index (κ1) is 15.7. The Labute approximate surface area is 140 Å². The zero-order valence-corrected chi connectivity index (χ0v) is 13.6. The van der Waals surface area contributed by atoms with Gasteiger partial charge in [-0.25, -0.2) is 4.98 Å². The molecule has 0 saturated heterocycles. The molecule has 1 aliphatic rings. The van der Waals surface area contributed by atoms with Crippen LogP contribution in [0.25, 0.3) is 11.3 Å². The molecule has 0 atom stereocenters. The first-order chi connectivity index (χ1) is 11.6. The lowest BCUT2D eigenvalue weighted by molar-refractivity contribution is 0.0832. The summed E-state index contributed by atoms with van der Waals surface area (Å²) in [6.45, 7) is 7.87. The zero-order valence-electron chi connectivity index (χ0n) is 13.6. The van der Waals surface area contributed by atoms with Crippen molar-refractivity contribution in [2.24, 2.45) is 0 Å². The number of ether oxygens (including phenoxy) is 2. The van der Waals surface area contributed by atoms with Crippen molar-refractivity contribution in [3.8, 4) is 22.9 Å². The Hall–Kier alpha value is -3.15. The third kappa shape index (κ3) is 2.52. The maximum absolute atomic E-state index is 12.4. The lowest BCUT2D eigenvalue weighted by Crippen LogP contribution is -2.21. The molecule has 3 rings (SSSR count). The van der Waals surface area contributed by atoms with Crippen LogP contribution < -0.4 is 9.47 Å². The molecule has 0 aliphatic carbocycles. The summed E-state index contributed by atoms with van der Waals surface area (Å²) in [6, 6.07) is 5.37. The second kappa shape index (κ2) is 6.16. The molecule has 6 heteroatoms. The van der Waals surface area contributed by atoms with Crippen molar-refractivity contribution in [1.82, 2.24) is 14.9 Å². The van der Waals surface area contributed by atoms with Crippen molar-refractivity contribution in [3.05, 3.63) is 60.6 Å². The third-order valence-electron chi connectivity index (χ3n) is 3.87. The van der Waals surface area contributed by atoms with E-state index in [0.717, 1.165) is 5.56 Å². The van der Waals surface area contributed by atoms with E-state index in [1.165, 1.54) is 7.11 Å². The highest BCUT2D eigenvalue weighted by molar-refractivity contribution is 5.99. The van der Waals surface area contributed by atoms with Crippen LogP contribution in [0.15, 0.2) is 49.3 Å². The molecule has 2 aromatic heterocycles. The number of aromatic nitrogens is 2. The van der Waals surface area contributed by atoms with E-state index in [9.17, 15) is 4.79 Å². The molecule has 0 unspecified atom stereocenters. The number of pyridine rings is 2. The van der Waals surface area contributed by atoms with Gasteiger partial charge in [-0.3, -0.25) is 9.78 Å². The van der Waals surface area contributed by atoms with Crippen molar-refractivity contribution >= 4 is 5.91 Å². The molecule has 0 N–H and O–H groups in total. The van der Waals surface area contributed by atoms with Crippen LogP contribution in [-0.4, -0.2) is 35.0 Å². The Morgan fingerprint density at radius 3 is 2.79 bits per heavy atom. The first-order valence-corrected chi connectivity index (χ1v) is 7.30. The Bertz CT molecular complexity index is 845. The largest absolute Gasteiger partial charge is 0.491 e. The van der Waals surface area contributed by atoms with Gasteiger partial charge < -0.3 is 14.4 Å². The van der Waals surface area contributed by atoms with Gasteiger partial charge in [0.2, 0.25) is 0 Å². The molecule has 1 aliphatic heterocycles. The zero-order chi connectivity index (χ0) is 17.3. The number of carbonyl (C=O) groups is 1. The maximum atomic E-state index is 12.4. The number of carbonyl (C=O) groups excluding carboxylic acids is 1. The van der Waals surface area contributed by atoms with Crippen molar-refractivity contribution in [2.75, 3.05) is 14.2 Å². The Morgan fingerprint density at radius 1 is 1.33 bits per heavy atom. The van der Waals surface area contributed by atoms with E-state index in [0.29, 0.717) is 40.8 Å². The summed E-state index contributed by atoms with van der Waals surface area (Å²) in [7, 11) is 3.09. The summed E-state index contributed by atoms with van der Waals surface area (Å²) < 4.78 is 10.4. The van der Waals surface area contributed by atoms with Gasteiger partial charge in [0.05, 0.1) is 37.7 Å². The molecular formula is C18H17N3O3. The highest BCUT2D eigenvalue weighted by Crippen LogP contribution is 2.31. The molecule has 0 fully saturated rings. The van der Waals surface area contributed by atoms with Gasteiger partial charge in [0.15, 0.2) is 5.75 Å².